The molecule has 1 N–H and O–H groups in total. The molecule has 126 valence electrons. The molecule has 2 aromatic heterocycles. The Labute approximate surface area is 138 Å². The smallest absolute Gasteiger partial charge is 0.351 e. The normalized spacial score (nSPS) is 11.7. The number of amides is 1. The van der Waals surface area contributed by atoms with Crippen LogP contribution in [0, 0.1) is 6.92 Å². The van der Waals surface area contributed by atoms with Gasteiger partial charge in [0.15, 0.2) is 11.4 Å². The molecule has 0 unspecified atom stereocenters. The first-order valence-electron chi connectivity index (χ1n) is 6.78. The lowest BCUT2D eigenvalue weighted by Gasteiger charge is -2.07. The molecule has 0 atom stereocenters. The monoisotopic (exact) mass is 393 g/mol. The summed E-state index contributed by atoms with van der Waals surface area (Å²) in [5.74, 6) is -0.653. The highest BCUT2D eigenvalue weighted by Gasteiger charge is 2.39. The number of carbonyl (C=O) groups is 1. The van der Waals surface area contributed by atoms with E-state index in [4.69, 9.17) is 0 Å². The van der Waals surface area contributed by atoms with Gasteiger partial charge in [-0.1, -0.05) is 0 Å². The number of alkyl halides is 3. The van der Waals surface area contributed by atoms with Gasteiger partial charge in [-0.3, -0.25) is 14.2 Å². The van der Waals surface area contributed by atoms with Crippen LogP contribution < -0.4 is 5.32 Å². The second-order valence-corrected chi connectivity index (χ2v) is 5.73. The van der Waals surface area contributed by atoms with Gasteiger partial charge >= 0.3 is 6.18 Å². The number of rotatable bonds is 5. The maximum absolute atomic E-state index is 12.9. The zero-order chi connectivity index (χ0) is 17.2. The van der Waals surface area contributed by atoms with E-state index < -0.39 is 17.8 Å². The third kappa shape index (κ3) is 3.92. The zero-order valence-electron chi connectivity index (χ0n) is 12.5. The van der Waals surface area contributed by atoms with Crippen LogP contribution in [-0.2, 0) is 19.8 Å². The summed E-state index contributed by atoms with van der Waals surface area (Å²) >= 11 is 2.81. The van der Waals surface area contributed by atoms with Gasteiger partial charge < -0.3 is 5.32 Å². The Morgan fingerprint density at radius 3 is 2.65 bits per heavy atom. The highest BCUT2D eigenvalue weighted by Crippen LogP contribution is 2.36. The Morgan fingerprint density at radius 2 is 2.13 bits per heavy atom. The third-order valence-corrected chi connectivity index (χ3v) is 3.99. The fraction of sp³-hybridized carbons (Fsp3) is 0.462. The van der Waals surface area contributed by atoms with Gasteiger partial charge in [-0.25, -0.2) is 0 Å². The van der Waals surface area contributed by atoms with Crippen LogP contribution in [0.15, 0.2) is 16.7 Å². The van der Waals surface area contributed by atoms with E-state index in [0.717, 1.165) is 12.7 Å². The van der Waals surface area contributed by atoms with Gasteiger partial charge in [0.05, 0.1) is 4.47 Å². The number of nitrogens with zero attached hydrogens (tertiary/aromatic N) is 4. The van der Waals surface area contributed by atoms with E-state index >= 15 is 0 Å². The standard InChI is InChI=1S/C13H15BrF3N5O/c1-8-4-6-19-22(8)7-3-5-18-12(23)10-9(14)11(13(15,16)17)21(2)20-10/h4,6H,3,5,7H2,1-2H3,(H,18,23). The summed E-state index contributed by atoms with van der Waals surface area (Å²) in [7, 11) is 1.14. The molecule has 0 aromatic carbocycles. The van der Waals surface area contributed by atoms with Crippen LogP contribution in [0.25, 0.3) is 0 Å². The summed E-state index contributed by atoms with van der Waals surface area (Å²) < 4.78 is 40.6. The number of nitrogens with one attached hydrogen (secondary N) is 1. The molecular formula is C13H15BrF3N5O. The Morgan fingerprint density at radius 1 is 1.43 bits per heavy atom. The van der Waals surface area contributed by atoms with Crippen molar-refractivity contribution in [3.05, 3.63) is 33.8 Å². The highest BCUT2D eigenvalue weighted by atomic mass is 79.9. The molecule has 0 saturated heterocycles. The summed E-state index contributed by atoms with van der Waals surface area (Å²) in [6.45, 7) is 2.83. The predicted molar refractivity (Wildman–Crippen MR) is 79.8 cm³/mol. The molecule has 0 saturated carbocycles. The minimum absolute atomic E-state index is 0.282. The second kappa shape index (κ2) is 6.73. The highest BCUT2D eigenvalue weighted by molar-refractivity contribution is 9.10. The molecule has 23 heavy (non-hydrogen) atoms. The van der Waals surface area contributed by atoms with Crippen molar-refractivity contribution >= 4 is 21.8 Å². The fourth-order valence-electron chi connectivity index (χ4n) is 2.10. The van der Waals surface area contributed by atoms with E-state index in [1.54, 1.807) is 10.9 Å². The van der Waals surface area contributed by atoms with Crippen molar-refractivity contribution in [3.8, 4) is 0 Å². The van der Waals surface area contributed by atoms with Crippen LogP contribution in [0.1, 0.15) is 28.3 Å². The Hall–Kier alpha value is -1.84. The lowest BCUT2D eigenvalue weighted by molar-refractivity contribution is -0.144. The van der Waals surface area contributed by atoms with Gasteiger partial charge in [-0.2, -0.15) is 23.4 Å². The first kappa shape index (κ1) is 17.5. The molecule has 0 aliphatic rings. The van der Waals surface area contributed by atoms with Crippen molar-refractivity contribution in [1.82, 2.24) is 24.9 Å². The average molecular weight is 394 g/mol. The topological polar surface area (TPSA) is 64.7 Å². The summed E-state index contributed by atoms with van der Waals surface area (Å²) in [6.07, 6.45) is -2.31. The van der Waals surface area contributed by atoms with E-state index in [9.17, 15) is 18.0 Å². The summed E-state index contributed by atoms with van der Waals surface area (Å²) in [4.78, 5) is 12.0. The number of halogens is 4. The first-order valence-corrected chi connectivity index (χ1v) is 7.57. The SMILES string of the molecule is Cc1ccnn1CCCNC(=O)c1nn(C)c(C(F)(F)F)c1Br. The van der Waals surface area contributed by atoms with Crippen molar-refractivity contribution in [2.75, 3.05) is 6.54 Å². The molecule has 0 fully saturated rings. The minimum atomic E-state index is -4.59. The van der Waals surface area contributed by atoms with Crippen molar-refractivity contribution in [2.24, 2.45) is 7.05 Å². The molecule has 2 aromatic rings. The van der Waals surface area contributed by atoms with Crippen molar-refractivity contribution in [3.63, 3.8) is 0 Å². The minimum Gasteiger partial charge on any atom is -0.351 e. The average Bonchev–Trinajstić information content (AvgIpc) is 2.97. The van der Waals surface area contributed by atoms with Crippen LogP contribution in [0.2, 0.25) is 0 Å². The molecule has 0 spiro atoms. The molecule has 2 heterocycles. The van der Waals surface area contributed by atoms with Crippen molar-refractivity contribution in [1.29, 1.82) is 0 Å². The second-order valence-electron chi connectivity index (χ2n) is 4.94. The van der Waals surface area contributed by atoms with Gasteiger partial charge in [0.2, 0.25) is 0 Å². The predicted octanol–water partition coefficient (Wildman–Crippen LogP) is 2.53. The number of carbonyl (C=O) groups excluding carboxylic acids is 1. The van der Waals surface area contributed by atoms with E-state index in [0.29, 0.717) is 24.2 Å². The van der Waals surface area contributed by atoms with Crippen LogP contribution >= 0.6 is 15.9 Å². The maximum Gasteiger partial charge on any atom is 0.434 e. The molecule has 1 amide bonds. The van der Waals surface area contributed by atoms with E-state index in [1.165, 1.54) is 0 Å². The third-order valence-electron chi connectivity index (χ3n) is 3.23. The first-order chi connectivity index (χ1) is 10.7. The number of hydrogen-bond acceptors (Lipinski definition) is 3. The Kier molecular flexibility index (Phi) is 5.12. The van der Waals surface area contributed by atoms with E-state index in [1.807, 2.05) is 13.0 Å². The summed E-state index contributed by atoms with van der Waals surface area (Å²) in [6, 6.07) is 1.86. The molecule has 0 radical (unpaired) electrons. The lowest BCUT2D eigenvalue weighted by atomic mass is 10.3. The Balaban J connectivity index is 1.95. The maximum atomic E-state index is 12.9. The summed E-state index contributed by atoms with van der Waals surface area (Å²) in [5.41, 5.74) is -0.275. The van der Waals surface area contributed by atoms with Gasteiger partial charge in [0.1, 0.15) is 0 Å². The van der Waals surface area contributed by atoms with Gasteiger partial charge in [0, 0.05) is 32.0 Å². The molecular weight excluding hydrogens is 379 g/mol. The fourth-order valence-corrected chi connectivity index (χ4v) is 2.84. The summed E-state index contributed by atoms with van der Waals surface area (Å²) in [5, 5.41) is 10.3. The van der Waals surface area contributed by atoms with E-state index in [2.05, 4.69) is 31.4 Å². The van der Waals surface area contributed by atoms with Crippen LogP contribution in [-0.4, -0.2) is 32.0 Å². The molecule has 0 aliphatic carbocycles. The number of aryl methyl sites for hydroxylation is 3. The number of aromatic nitrogens is 4. The van der Waals surface area contributed by atoms with Crippen LogP contribution in [0.5, 0.6) is 0 Å². The Bertz CT molecular complexity index is 707. The van der Waals surface area contributed by atoms with Crippen molar-refractivity contribution < 1.29 is 18.0 Å². The number of hydrogen-bond donors (Lipinski definition) is 1. The van der Waals surface area contributed by atoms with Crippen LogP contribution in [0.3, 0.4) is 0 Å². The largest absolute Gasteiger partial charge is 0.434 e. The molecule has 6 nitrogen and oxygen atoms in total. The zero-order valence-corrected chi connectivity index (χ0v) is 14.1. The molecule has 2 rings (SSSR count). The molecule has 10 heteroatoms. The lowest BCUT2D eigenvalue weighted by Crippen LogP contribution is -2.26. The molecule has 0 aliphatic heterocycles. The molecule has 0 bridgehead atoms. The quantitative estimate of drug-likeness (QED) is 0.793. The van der Waals surface area contributed by atoms with Gasteiger partial charge in [-0.05, 0) is 35.3 Å². The van der Waals surface area contributed by atoms with E-state index in [-0.39, 0.29) is 10.2 Å². The van der Waals surface area contributed by atoms with Crippen molar-refractivity contribution in [2.45, 2.75) is 26.1 Å². The van der Waals surface area contributed by atoms with Gasteiger partial charge in [0.25, 0.3) is 5.91 Å². The van der Waals surface area contributed by atoms with Crippen LogP contribution in [0.4, 0.5) is 13.2 Å². The van der Waals surface area contributed by atoms with Gasteiger partial charge in [-0.15, -0.1) is 0 Å².